The molecule has 0 aromatic carbocycles. The monoisotopic (exact) mass is 446 g/mol. The number of rotatable bonds is 5. The minimum atomic E-state index is -0.559. The van der Waals surface area contributed by atoms with Crippen molar-refractivity contribution in [3.63, 3.8) is 0 Å². The molecule has 0 saturated carbocycles. The average molecular weight is 447 g/mol. The summed E-state index contributed by atoms with van der Waals surface area (Å²) >= 11 is 0. The smallest absolute Gasteiger partial charge is 0.408 e. The molecular formula is C25H54N2O4. The highest BCUT2D eigenvalue weighted by molar-refractivity contribution is 5.91. The SMILES string of the molecule is C.C.CC(C)C(N)C(=O)C(C)(C)C.CC(C)C(NC(=O)OC(C)(C)C)C(=O)C(C)(C)C. The number of nitrogens with two attached hydrogens (primary N) is 1. The Labute approximate surface area is 193 Å². The fourth-order valence-electron chi connectivity index (χ4n) is 2.24. The number of Topliss-reactive ketones (excluding diaryl/α,β-unsaturated/α-hetero) is 2. The van der Waals surface area contributed by atoms with Gasteiger partial charge in [-0.3, -0.25) is 9.59 Å². The molecule has 0 saturated heterocycles. The van der Waals surface area contributed by atoms with Gasteiger partial charge in [-0.2, -0.15) is 0 Å². The summed E-state index contributed by atoms with van der Waals surface area (Å²) in [5.41, 5.74) is 4.35. The molecule has 2 unspecified atom stereocenters. The van der Waals surface area contributed by atoms with Gasteiger partial charge in [0.1, 0.15) is 5.60 Å². The number of carbonyl (C=O) groups excluding carboxylic acids is 3. The number of hydrogen-bond acceptors (Lipinski definition) is 5. The number of nitrogens with one attached hydrogen (secondary N) is 1. The van der Waals surface area contributed by atoms with Crippen LogP contribution in [0.2, 0.25) is 0 Å². The zero-order chi connectivity index (χ0) is 24.0. The van der Waals surface area contributed by atoms with Crippen LogP contribution in [0.15, 0.2) is 0 Å². The van der Waals surface area contributed by atoms with E-state index >= 15 is 0 Å². The molecule has 3 N–H and O–H groups in total. The van der Waals surface area contributed by atoms with E-state index in [4.69, 9.17) is 10.5 Å². The number of hydrogen-bond donors (Lipinski definition) is 2. The summed E-state index contributed by atoms with van der Waals surface area (Å²) in [5.74, 6) is 0.432. The lowest BCUT2D eigenvalue weighted by molar-refractivity contribution is -0.129. The normalized spacial score (nSPS) is 13.7. The minimum Gasteiger partial charge on any atom is -0.444 e. The third-order valence-electron chi connectivity index (χ3n) is 4.12. The average Bonchev–Trinajstić information content (AvgIpc) is 2.47. The van der Waals surface area contributed by atoms with Gasteiger partial charge in [0.05, 0.1) is 12.1 Å². The van der Waals surface area contributed by atoms with Gasteiger partial charge < -0.3 is 15.8 Å². The molecule has 0 aromatic rings. The van der Waals surface area contributed by atoms with Gasteiger partial charge in [-0.15, -0.1) is 0 Å². The molecular weight excluding hydrogens is 392 g/mol. The molecule has 0 aliphatic rings. The topological polar surface area (TPSA) is 98.5 Å². The van der Waals surface area contributed by atoms with E-state index in [-0.39, 0.29) is 49.7 Å². The van der Waals surface area contributed by atoms with Crippen LogP contribution in [0.25, 0.3) is 0 Å². The molecule has 0 fully saturated rings. The summed E-state index contributed by atoms with van der Waals surface area (Å²) in [4.78, 5) is 35.4. The summed E-state index contributed by atoms with van der Waals surface area (Å²) < 4.78 is 5.18. The molecule has 0 rings (SSSR count). The molecule has 2 atom stereocenters. The Morgan fingerprint density at radius 2 is 1.06 bits per heavy atom. The van der Waals surface area contributed by atoms with Crippen LogP contribution in [0, 0.1) is 22.7 Å². The van der Waals surface area contributed by atoms with Gasteiger partial charge in [0.2, 0.25) is 0 Å². The van der Waals surface area contributed by atoms with Gasteiger partial charge in [-0.25, -0.2) is 4.79 Å². The van der Waals surface area contributed by atoms with Crippen LogP contribution in [-0.2, 0) is 14.3 Å². The first-order valence-corrected chi connectivity index (χ1v) is 10.4. The zero-order valence-corrected chi connectivity index (χ0v) is 21.0. The number of ether oxygens (including phenoxy) is 1. The number of alkyl carbamates (subject to hydrolysis) is 1. The number of ketones is 2. The van der Waals surface area contributed by atoms with Crippen LogP contribution in [0.1, 0.15) is 105 Å². The second kappa shape index (κ2) is 13.9. The van der Waals surface area contributed by atoms with E-state index in [0.717, 1.165) is 0 Å². The van der Waals surface area contributed by atoms with Crippen molar-refractivity contribution < 1.29 is 19.1 Å². The van der Waals surface area contributed by atoms with Crippen LogP contribution in [0.3, 0.4) is 0 Å². The maximum atomic E-state index is 12.2. The Bertz CT molecular complexity index is 547. The van der Waals surface area contributed by atoms with Gasteiger partial charge in [0.15, 0.2) is 11.6 Å². The number of carbonyl (C=O) groups is 3. The molecule has 0 aromatic heterocycles. The lowest BCUT2D eigenvalue weighted by Crippen LogP contribution is -2.49. The molecule has 31 heavy (non-hydrogen) atoms. The summed E-state index contributed by atoms with van der Waals surface area (Å²) in [6, 6.07) is -0.824. The summed E-state index contributed by atoms with van der Waals surface area (Å²) in [7, 11) is 0. The molecule has 6 heteroatoms. The zero-order valence-electron chi connectivity index (χ0n) is 21.0. The van der Waals surface area contributed by atoms with E-state index < -0.39 is 23.2 Å². The maximum absolute atomic E-state index is 12.2. The molecule has 0 heterocycles. The molecule has 0 radical (unpaired) electrons. The maximum Gasteiger partial charge on any atom is 0.408 e. The molecule has 1 amide bonds. The molecule has 0 spiro atoms. The van der Waals surface area contributed by atoms with Gasteiger partial charge in [0, 0.05) is 10.8 Å². The van der Waals surface area contributed by atoms with E-state index in [2.05, 4.69) is 5.32 Å². The highest BCUT2D eigenvalue weighted by Gasteiger charge is 2.33. The van der Waals surface area contributed by atoms with Crippen LogP contribution in [-0.4, -0.2) is 35.3 Å². The highest BCUT2D eigenvalue weighted by Crippen LogP contribution is 2.21. The van der Waals surface area contributed by atoms with Gasteiger partial charge in [-0.05, 0) is 32.6 Å². The highest BCUT2D eigenvalue weighted by atomic mass is 16.6. The third kappa shape index (κ3) is 15.9. The van der Waals surface area contributed by atoms with E-state index in [0.29, 0.717) is 0 Å². The fourth-order valence-corrected chi connectivity index (χ4v) is 2.24. The summed E-state index contributed by atoms with van der Waals surface area (Å²) in [6.45, 7) is 24.4. The number of amides is 1. The van der Waals surface area contributed by atoms with Gasteiger partial charge in [0.25, 0.3) is 0 Å². The van der Waals surface area contributed by atoms with Crippen LogP contribution < -0.4 is 11.1 Å². The van der Waals surface area contributed by atoms with E-state index in [1.54, 1.807) is 20.8 Å². The quantitative estimate of drug-likeness (QED) is 0.539. The van der Waals surface area contributed by atoms with Crippen molar-refractivity contribution in [1.82, 2.24) is 5.32 Å². The van der Waals surface area contributed by atoms with Crippen molar-refractivity contribution >= 4 is 17.7 Å². The van der Waals surface area contributed by atoms with Crippen LogP contribution in [0.5, 0.6) is 0 Å². The fraction of sp³-hybridized carbons (Fsp3) is 0.880. The van der Waals surface area contributed by atoms with Crippen molar-refractivity contribution in [2.75, 3.05) is 0 Å². The predicted octanol–water partition coefficient (Wildman–Crippen LogP) is 6.01. The minimum absolute atomic E-state index is 0. The third-order valence-corrected chi connectivity index (χ3v) is 4.12. The molecule has 0 bridgehead atoms. The van der Waals surface area contributed by atoms with Crippen molar-refractivity contribution in [2.24, 2.45) is 28.4 Å². The molecule has 6 nitrogen and oxygen atoms in total. The Morgan fingerprint density at radius 3 is 1.26 bits per heavy atom. The van der Waals surface area contributed by atoms with E-state index in [1.165, 1.54) is 0 Å². The van der Waals surface area contributed by atoms with Crippen LogP contribution >= 0.6 is 0 Å². The van der Waals surface area contributed by atoms with Crippen molar-refractivity contribution in [2.45, 2.75) is 123 Å². The Balaban J connectivity index is -0.000000244. The summed E-state index contributed by atoms with van der Waals surface area (Å²) in [6.07, 6.45) is -0.543. The first-order valence-electron chi connectivity index (χ1n) is 10.4. The Morgan fingerprint density at radius 1 is 0.710 bits per heavy atom. The molecule has 0 aliphatic heterocycles. The van der Waals surface area contributed by atoms with Gasteiger partial charge in [-0.1, -0.05) is 84.1 Å². The predicted molar refractivity (Wildman–Crippen MR) is 133 cm³/mol. The first kappa shape index (κ1) is 36.9. The molecule has 0 aliphatic carbocycles. The van der Waals surface area contributed by atoms with E-state index in [1.807, 2.05) is 69.2 Å². The van der Waals surface area contributed by atoms with Crippen molar-refractivity contribution in [3.8, 4) is 0 Å². The van der Waals surface area contributed by atoms with Gasteiger partial charge >= 0.3 is 6.09 Å². The Kier molecular flexibility index (Phi) is 16.5. The first-order chi connectivity index (χ1) is 12.6. The largest absolute Gasteiger partial charge is 0.444 e. The van der Waals surface area contributed by atoms with Crippen molar-refractivity contribution in [1.29, 1.82) is 0 Å². The van der Waals surface area contributed by atoms with E-state index in [9.17, 15) is 14.4 Å². The second-order valence-electron chi connectivity index (χ2n) is 11.4. The van der Waals surface area contributed by atoms with Crippen LogP contribution in [0.4, 0.5) is 4.79 Å². The lowest BCUT2D eigenvalue weighted by atomic mass is 9.82. The standard InChI is InChI=1S/C14H27NO3.C9H19NO.2CH4/c1-9(2)10(11(16)13(3,4)5)15-12(17)18-14(6,7)8;1-6(2)7(10)8(11)9(3,4)5;;/h9-10H,1-8H3,(H,15,17);6-7H,10H2,1-5H3;2*1H4. The second-order valence-corrected chi connectivity index (χ2v) is 11.4. The summed E-state index contributed by atoms with van der Waals surface area (Å²) in [5, 5.41) is 2.67. The molecule has 188 valence electrons. The lowest BCUT2D eigenvalue weighted by Gasteiger charge is -2.29. The van der Waals surface area contributed by atoms with Crippen molar-refractivity contribution in [3.05, 3.63) is 0 Å². The Hall–Kier alpha value is -1.43.